The maximum Gasteiger partial charge on any atom is 0.262 e. The minimum Gasteiger partial charge on any atom is -0.352 e. The third kappa shape index (κ3) is 4.91. The molecule has 1 amide bonds. The number of carbonyl (C=O) groups excluding carboxylic acids is 1. The van der Waals surface area contributed by atoms with E-state index in [1.165, 1.54) is 37.3 Å². The fourth-order valence-electron chi connectivity index (χ4n) is 3.31. The first-order valence-electron chi connectivity index (χ1n) is 9.89. The van der Waals surface area contributed by atoms with Gasteiger partial charge in [0, 0.05) is 30.3 Å². The number of aryl methyl sites for hydroxylation is 1. The van der Waals surface area contributed by atoms with Gasteiger partial charge in [-0.2, -0.15) is 0 Å². The van der Waals surface area contributed by atoms with Gasteiger partial charge >= 0.3 is 0 Å². The van der Waals surface area contributed by atoms with Crippen LogP contribution in [0, 0.1) is 12.7 Å². The fourth-order valence-corrected chi connectivity index (χ4v) is 4.59. The SMILES string of the molecule is Cc1cc(F)ccc1S(=O)(=O)Nc1ccc(C(=O)NCCc2nncn2C2CC2)cc1. The molecule has 162 valence electrons. The summed E-state index contributed by atoms with van der Waals surface area (Å²) >= 11 is 0. The summed E-state index contributed by atoms with van der Waals surface area (Å²) in [7, 11) is -3.87. The summed E-state index contributed by atoms with van der Waals surface area (Å²) in [6.45, 7) is 1.95. The summed E-state index contributed by atoms with van der Waals surface area (Å²) in [5.74, 6) is 0.0875. The zero-order valence-electron chi connectivity index (χ0n) is 16.9. The molecular formula is C21H22FN5O3S. The van der Waals surface area contributed by atoms with Gasteiger partial charge in [-0.1, -0.05) is 0 Å². The van der Waals surface area contributed by atoms with Crippen LogP contribution in [0.15, 0.2) is 53.7 Å². The van der Waals surface area contributed by atoms with Gasteiger partial charge in [0.05, 0.1) is 4.90 Å². The quantitative estimate of drug-likeness (QED) is 0.557. The zero-order chi connectivity index (χ0) is 22.0. The van der Waals surface area contributed by atoms with Crippen molar-refractivity contribution in [2.75, 3.05) is 11.3 Å². The Labute approximate surface area is 179 Å². The number of anilines is 1. The van der Waals surface area contributed by atoms with Crippen LogP contribution >= 0.6 is 0 Å². The Kier molecular flexibility index (Phi) is 5.73. The van der Waals surface area contributed by atoms with Gasteiger partial charge in [0.1, 0.15) is 18.0 Å². The summed E-state index contributed by atoms with van der Waals surface area (Å²) in [4.78, 5) is 12.4. The van der Waals surface area contributed by atoms with E-state index in [1.54, 1.807) is 6.33 Å². The standard InChI is InChI=1S/C21H22FN5O3S/c1-14-12-16(22)4-9-19(14)31(29,30)26-17-5-2-15(3-6-17)21(28)23-11-10-20-25-24-13-27(20)18-7-8-18/h2-6,9,12-13,18,26H,7-8,10-11H2,1H3,(H,23,28). The number of hydrogen-bond acceptors (Lipinski definition) is 5. The summed E-state index contributed by atoms with van der Waals surface area (Å²) in [5, 5.41) is 10.9. The molecule has 10 heteroatoms. The Morgan fingerprint density at radius 3 is 2.61 bits per heavy atom. The highest BCUT2D eigenvalue weighted by Crippen LogP contribution is 2.35. The lowest BCUT2D eigenvalue weighted by Gasteiger charge is -2.11. The van der Waals surface area contributed by atoms with Gasteiger partial charge in [-0.05, 0) is 67.8 Å². The van der Waals surface area contributed by atoms with Crippen LogP contribution in [0.2, 0.25) is 0 Å². The van der Waals surface area contributed by atoms with E-state index < -0.39 is 15.8 Å². The lowest BCUT2D eigenvalue weighted by Crippen LogP contribution is -2.26. The predicted molar refractivity (Wildman–Crippen MR) is 113 cm³/mol. The third-order valence-electron chi connectivity index (χ3n) is 5.05. The Hall–Kier alpha value is -3.27. The molecule has 0 bridgehead atoms. The van der Waals surface area contributed by atoms with Gasteiger partial charge in [-0.3, -0.25) is 9.52 Å². The lowest BCUT2D eigenvalue weighted by atomic mass is 10.2. The number of hydrogen-bond donors (Lipinski definition) is 2. The highest BCUT2D eigenvalue weighted by molar-refractivity contribution is 7.92. The number of aromatic nitrogens is 3. The van der Waals surface area contributed by atoms with Crippen LogP contribution < -0.4 is 10.0 Å². The van der Waals surface area contributed by atoms with Crippen LogP contribution in [-0.2, 0) is 16.4 Å². The highest BCUT2D eigenvalue weighted by Gasteiger charge is 2.25. The first-order valence-corrected chi connectivity index (χ1v) is 11.4. The number of nitrogens with one attached hydrogen (secondary N) is 2. The number of amides is 1. The molecule has 0 saturated heterocycles. The number of benzene rings is 2. The van der Waals surface area contributed by atoms with Gasteiger partial charge in [0.15, 0.2) is 0 Å². The Bertz CT molecular complexity index is 1200. The normalized spacial score (nSPS) is 13.7. The van der Waals surface area contributed by atoms with Crippen LogP contribution in [0.3, 0.4) is 0 Å². The van der Waals surface area contributed by atoms with Crippen molar-refractivity contribution < 1.29 is 17.6 Å². The highest BCUT2D eigenvalue weighted by atomic mass is 32.2. The Balaban J connectivity index is 1.35. The second-order valence-corrected chi connectivity index (χ2v) is 9.14. The van der Waals surface area contributed by atoms with Crippen molar-refractivity contribution in [1.29, 1.82) is 0 Å². The molecule has 2 aromatic carbocycles. The molecule has 0 atom stereocenters. The molecule has 4 rings (SSSR count). The summed E-state index contributed by atoms with van der Waals surface area (Å²) in [5.41, 5.74) is 1.02. The molecule has 0 unspecified atom stereocenters. The third-order valence-corrected chi connectivity index (χ3v) is 6.59. The van der Waals surface area contributed by atoms with E-state index in [0.29, 0.717) is 35.8 Å². The molecule has 3 aromatic rings. The monoisotopic (exact) mass is 443 g/mol. The molecule has 1 heterocycles. The van der Waals surface area contributed by atoms with E-state index in [2.05, 4.69) is 24.8 Å². The largest absolute Gasteiger partial charge is 0.352 e. The lowest BCUT2D eigenvalue weighted by molar-refractivity contribution is 0.0954. The van der Waals surface area contributed by atoms with Gasteiger partial charge in [0.25, 0.3) is 15.9 Å². The molecule has 31 heavy (non-hydrogen) atoms. The summed E-state index contributed by atoms with van der Waals surface area (Å²) < 4.78 is 42.9. The average molecular weight is 444 g/mol. The summed E-state index contributed by atoms with van der Waals surface area (Å²) in [6, 6.07) is 10.1. The minimum absolute atomic E-state index is 0.00484. The van der Waals surface area contributed by atoms with Crippen molar-refractivity contribution in [2.24, 2.45) is 0 Å². The maximum atomic E-state index is 13.2. The van der Waals surface area contributed by atoms with Gasteiger partial charge in [-0.25, -0.2) is 12.8 Å². The average Bonchev–Trinajstić information content (AvgIpc) is 3.46. The second-order valence-electron chi connectivity index (χ2n) is 7.48. The van der Waals surface area contributed by atoms with Crippen LogP contribution in [0.1, 0.15) is 40.6 Å². The number of nitrogens with zero attached hydrogens (tertiary/aromatic N) is 3. The molecular weight excluding hydrogens is 421 g/mol. The van der Waals surface area contributed by atoms with E-state index in [0.717, 1.165) is 30.8 Å². The van der Waals surface area contributed by atoms with Crippen LogP contribution in [0.4, 0.5) is 10.1 Å². The zero-order valence-corrected chi connectivity index (χ0v) is 17.7. The van der Waals surface area contributed by atoms with E-state index in [4.69, 9.17) is 0 Å². The van der Waals surface area contributed by atoms with Crippen molar-refractivity contribution in [1.82, 2.24) is 20.1 Å². The van der Waals surface area contributed by atoms with Crippen LogP contribution in [-0.4, -0.2) is 35.6 Å². The molecule has 0 radical (unpaired) electrons. The van der Waals surface area contributed by atoms with Crippen molar-refractivity contribution in [3.63, 3.8) is 0 Å². The van der Waals surface area contributed by atoms with Gasteiger partial charge < -0.3 is 9.88 Å². The molecule has 1 aliphatic carbocycles. The van der Waals surface area contributed by atoms with Crippen molar-refractivity contribution >= 4 is 21.6 Å². The molecule has 1 aliphatic rings. The summed E-state index contributed by atoms with van der Waals surface area (Å²) in [6.07, 6.45) is 4.57. The Morgan fingerprint density at radius 1 is 1.19 bits per heavy atom. The van der Waals surface area contributed by atoms with E-state index >= 15 is 0 Å². The van der Waals surface area contributed by atoms with Crippen molar-refractivity contribution in [2.45, 2.75) is 37.1 Å². The number of halogens is 1. The molecule has 8 nitrogen and oxygen atoms in total. The molecule has 1 saturated carbocycles. The van der Waals surface area contributed by atoms with E-state index in [1.807, 2.05) is 0 Å². The number of carbonyl (C=O) groups is 1. The molecule has 0 spiro atoms. The van der Waals surface area contributed by atoms with Crippen LogP contribution in [0.5, 0.6) is 0 Å². The molecule has 1 aromatic heterocycles. The maximum absolute atomic E-state index is 13.2. The Morgan fingerprint density at radius 2 is 1.94 bits per heavy atom. The van der Waals surface area contributed by atoms with Crippen molar-refractivity contribution in [3.8, 4) is 0 Å². The predicted octanol–water partition coefficient (Wildman–Crippen LogP) is 2.83. The van der Waals surface area contributed by atoms with E-state index in [-0.39, 0.29) is 10.8 Å². The molecule has 0 aliphatic heterocycles. The minimum atomic E-state index is -3.87. The topological polar surface area (TPSA) is 106 Å². The number of rotatable bonds is 8. The molecule has 1 fully saturated rings. The first-order chi connectivity index (χ1) is 14.8. The van der Waals surface area contributed by atoms with Crippen molar-refractivity contribution in [3.05, 3.63) is 71.6 Å². The fraction of sp³-hybridized carbons (Fsp3) is 0.286. The molecule has 2 N–H and O–H groups in total. The second kappa shape index (κ2) is 8.46. The van der Waals surface area contributed by atoms with E-state index in [9.17, 15) is 17.6 Å². The number of sulfonamides is 1. The van der Waals surface area contributed by atoms with Crippen LogP contribution in [0.25, 0.3) is 0 Å². The van der Waals surface area contributed by atoms with Gasteiger partial charge in [-0.15, -0.1) is 10.2 Å². The van der Waals surface area contributed by atoms with Gasteiger partial charge in [0.2, 0.25) is 0 Å². The first kappa shape index (κ1) is 21.0. The smallest absolute Gasteiger partial charge is 0.262 e.